The Morgan fingerprint density at radius 3 is 2.57 bits per heavy atom. The van der Waals surface area contributed by atoms with Crippen molar-refractivity contribution in [3.05, 3.63) is 89.0 Å². The Hall–Kier alpha value is -3.04. The molecule has 2 aromatic carbocycles. The maximum Gasteiger partial charge on any atom is 0.296 e. The molecule has 30 heavy (non-hydrogen) atoms. The molecule has 0 aliphatic heterocycles. The molecule has 0 atom stereocenters. The Morgan fingerprint density at radius 2 is 1.87 bits per heavy atom. The standard InChI is InChI=1S/C21H16BrN3O4S/c1-28-15-6-3-12(4-7-15)9-16-19(26)23-21-25(24-16)20(27)18(30-21)11-13-10-14(22)5-8-17(13)29-2/h3-8,10-11H,9H2,1-2H3/b18-11+. The number of rotatable bonds is 5. The molecule has 4 aromatic rings. The molecule has 0 unspecified atom stereocenters. The molecule has 2 aromatic heterocycles. The lowest BCUT2D eigenvalue weighted by Gasteiger charge is -2.04. The third kappa shape index (κ3) is 3.99. The lowest BCUT2D eigenvalue weighted by Crippen LogP contribution is -2.28. The normalized spacial score (nSPS) is 11.8. The van der Waals surface area contributed by atoms with Crippen LogP contribution >= 0.6 is 27.3 Å². The van der Waals surface area contributed by atoms with Gasteiger partial charge >= 0.3 is 0 Å². The predicted molar refractivity (Wildman–Crippen MR) is 119 cm³/mol. The van der Waals surface area contributed by atoms with E-state index in [1.165, 1.54) is 4.52 Å². The fourth-order valence-electron chi connectivity index (χ4n) is 2.95. The number of fused-ring (bicyclic) bond motifs is 1. The largest absolute Gasteiger partial charge is 0.497 e. The molecular weight excluding hydrogens is 470 g/mol. The molecule has 0 saturated carbocycles. The SMILES string of the molecule is COc1ccc(Cc2nn3c(=O)/c(=C\c4cc(Br)ccc4OC)sc3nc2=O)cc1. The van der Waals surface area contributed by atoms with Crippen LogP contribution in [-0.2, 0) is 6.42 Å². The van der Waals surface area contributed by atoms with Crippen LogP contribution in [0.2, 0.25) is 0 Å². The van der Waals surface area contributed by atoms with Crippen LogP contribution in [0, 0.1) is 0 Å². The summed E-state index contributed by atoms with van der Waals surface area (Å²) in [5.74, 6) is 1.35. The highest BCUT2D eigenvalue weighted by atomic mass is 79.9. The highest BCUT2D eigenvalue weighted by Crippen LogP contribution is 2.23. The quantitative estimate of drug-likeness (QED) is 0.431. The van der Waals surface area contributed by atoms with Gasteiger partial charge in [-0.25, -0.2) is 0 Å². The van der Waals surface area contributed by atoms with E-state index in [2.05, 4.69) is 26.0 Å². The monoisotopic (exact) mass is 485 g/mol. The summed E-state index contributed by atoms with van der Waals surface area (Å²) >= 11 is 4.53. The Kier molecular flexibility index (Phi) is 5.65. The van der Waals surface area contributed by atoms with Gasteiger partial charge in [0, 0.05) is 16.5 Å². The highest BCUT2D eigenvalue weighted by Gasteiger charge is 2.12. The Morgan fingerprint density at radius 1 is 1.10 bits per heavy atom. The van der Waals surface area contributed by atoms with Crippen molar-refractivity contribution in [3.63, 3.8) is 0 Å². The Labute approximate surface area is 183 Å². The molecule has 2 heterocycles. The van der Waals surface area contributed by atoms with Gasteiger partial charge in [0.1, 0.15) is 17.2 Å². The Balaban J connectivity index is 1.79. The van der Waals surface area contributed by atoms with Crippen molar-refractivity contribution >= 4 is 38.3 Å². The summed E-state index contributed by atoms with van der Waals surface area (Å²) in [5.41, 5.74) is 1.03. The molecule has 0 bridgehead atoms. The summed E-state index contributed by atoms with van der Waals surface area (Å²) in [6, 6.07) is 12.8. The van der Waals surface area contributed by atoms with Crippen molar-refractivity contribution in [2.24, 2.45) is 0 Å². The van der Waals surface area contributed by atoms with Gasteiger partial charge in [-0.05, 0) is 42.0 Å². The molecule has 0 radical (unpaired) electrons. The third-order valence-corrected chi connectivity index (χ3v) is 5.91. The molecule has 0 aliphatic carbocycles. The minimum Gasteiger partial charge on any atom is -0.497 e. The van der Waals surface area contributed by atoms with Crippen molar-refractivity contribution in [2.45, 2.75) is 6.42 Å². The first kappa shape index (κ1) is 20.2. The minimum absolute atomic E-state index is 0.208. The van der Waals surface area contributed by atoms with Gasteiger partial charge in [0.25, 0.3) is 11.1 Å². The number of nitrogens with zero attached hydrogens (tertiary/aromatic N) is 3. The van der Waals surface area contributed by atoms with E-state index in [4.69, 9.17) is 9.47 Å². The van der Waals surface area contributed by atoms with E-state index in [1.807, 2.05) is 24.3 Å². The van der Waals surface area contributed by atoms with Crippen LogP contribution in [0.1, 0.15) is 16.8 Å². The number of ether oxygens (including phenoxy) is 2. The zero-order chi connectivity index (χ0) is 21.3. The molecule has 0 N–H and O–H groups in total. The Bertz CT molecular complexity index is 1400. The number of aromatic nitrogens is 3. The van der Waals surface area contributed by atoms with E-state index in [-0.39, 0.29) is 22.6 Å². The lowest BCUT2D eigenvalue weighted by molar-refractivity contribution is 0.413. The van der Waals surface area contributed by atoms with Gasteiger partial charge in [0.05, 0.1) is 18.8 Å². The van der Waals surface area contributed by atoms with E-state index in [1.54, 1.807) is 38.5 Å². The smallest absolute Gasteiger partial charge is 0.296 e. The van der Waals surface area contributed by atoms with Crippen molar-refractivity contribution in [1.29, 1.82) is 0 Å². The molecule has 0 aliphatic rings. The summed E-state index contributed by atoms with van der Waals surface area (Å²) in [6.07, 6.45) is 1.98. The number of thiazole rings is 1. The third-order valence-electron chi connectivity index (χ3n) is 4.46. The molecule has 0 amide bonds. The van der Waals surface area contributed by atoms with Gasteiger partial charge in [0.15, 0.2) is 0 Å². The number of benzene rings is 2. The maximum atomic E-state index is 12.9. The van der Waals surface area contributed by atoms with E-state index >= 15 is 0 Å². The van der Waals surface area contributed by atoms with Crippen LogP contribution in [0.3, 0.4) is 0 Å². The summed E-state index contributed by atoms with van der Waals surface area (Å²) in [4.78, 5) is 29.6. The summed E-state index contributed by atoms with van der Waals surface area (Å²) in [5, 5.41) is 4.28. The average Bonchev–Trinajstić information content (AvgIpc) is 3.03. The zero-order valence-corrected chi connectivity index (χ0v) is 18.5. The van der Waals surface area contributed by atoms with Crippen molar-refractivity contribution in [3.8, 4) is 11.5 Å². The van der Waals surface area contributed by atoms with E-state index < -0.39 is 5.56 Å². The molecule has 0 fully saturated rings. The summed E-state index contributed by atoms with van der Waals surface area (Å²) in [6.45, 7) is 0. The molecule has 0 saturated heterocycles. The van der Waals surface area contributed by atoms with E-state index in [0.29, 0.717) is 10.3 Å². The summed E-state index contributed by atoms with van der Waals surface area (Å²) < 4.78 is 13.0. The fraction of sp³-hybridized carbons (Fsp3) is 0.143. The van der Waals surface area contributed by atoms with Gasteiger partial charge < -0.3 is 9.47 Å². The molecule has 4 rings (SSSR count). The van der Waals surface area contributed by atoms with Crippen LogP contribution in [0.15, 0.2) is 56.5 Å². The maximum absolute atomic E-state index is 12.9. The highest BCUT2D eigenvalue weighted by molar-refractivity contribution is 9.10. The van der Waals surface area contributed by atoms with Crippen LogP contribution in [0.25, 0.3) is 11.0 Å². The second-order valence-corrected chi connectivity index (χ2v) is 8.31. The first-order valence-electron chi connectivity index (χ1n) is 8.89. The molecule has 0 spiro atoms. The first-order valence-corrected chi connectivity index (χ1v) is 10.5. The van der Waals surface area contributed by atoms with Gasteiger partial charge in [-0.1, -0.05) is 39.4 Å². The van der Waals surface area contributed by atoms with Gasteiger partial charge in [-0.15, -0.1) is 0 Å². The summed E-state index contributed by atoms with van der Waals surface area (Å²) in [7, 11) is 3.15. The zero-order valence-electron chi connectivity index (χ0n) is 16.1. The molecule has 7 nitrogen and oxygen atoms in total. The second kappa shape index (κ2) is 8.37. The lowest BCUT2D eigenvalue weighted by atomic mass is 10.1. The van der Waals surface area contributed by atoms with Crippen LogP contribution < -0.4 is 25.1 Å². The van der Waals surface area contributed by atoms with E-state index in [9.17, 15) is 9.59 Å². The second-order valence-electron chi connectivity index (χ2n) is 6.38. The van der Waals surface area contributed by atoms with Crippen LogP contribution in [-0.4, -0.2) is 28.8 Å². The van der Waals surface area contributed by atoms with Crippen LogP contribution in [0.4, 0.5) is 0 Å². The number of hydrogen-bond acceptors (Lipinski definition) is 7. The van der Waals surface area contributed by atoms with Crippen molar-refractivity contribution in [2.75, 3.05) is 14.2 Å². The van der Waals surface area contributed by atoms with E-state index in [0.717, 1.165) is 32.7 Å². The minimum atomic E-state index is -0.446. The molecule has 152 valence electrons. The average molecular weight is 486 g/mol. The topological polar surface area (TPSA) is 82.8 Å². The van der Waals surface area contributed by atoms with Crippen LogP contribution in [0.5, 0.6) is 11.5 Å². The molecular formula is C21H16BrN3O4S. The fourth-order valence-corrected chi connectivity index (χ4v) is 4.22. The van der Waals surface area contributed by atoms with Gasteiger partial charge in [-0.2, -0.15) is 14.6 Å². The number of halogens is 1. The number of methoxy groups -OCH3 is 2. The van der Waals surface area contributed by atoms with Crippen molar-refractivity contribution in [1.82, 2.24) is 14.6 Å². The van der Waals surface area contributed by atoms with Crippen molar-refractivity contribution < 1.29 is 9.47 Å². The van der Waals surface area contributed by atoms with Gasteiger partial charge in [-0.3, -0.25) is 9.59 Å². The molecule has 9 heteroatoms. The predicted octanol–water partition coefficient (Wildman–Crippen LogP) is 2.43. The first-order chi connectivity index (χ1) is 14.5. The van der Waals surface area contributed by atoms with Gasteiger partial charge in [0.2, 0.25) is 4.96 Å². The number of hydrogen-bond donors (Lipinski definition) is 0.